The highest BCUT2D eigenvalue weighted by Gasteiger charge is 2.29. The molecule has 7 heteroatoms. The molecule has 4 N–H and O–H groups in total. The molecule has 1 amide bonds. The summed E-state index contributed by atoms with van der Waals surface area (Å²) < 4.78 is 5.07. The van der Waals surface area contributed by atoms with Crippen LogP contribution in [0.25, 0.3) is 0 Å². The molecule has 1 heterocycles. The number of aliphatic hydroxyl groups excluding tert-OH is 1. The normalized spacial score (nSPS) is 24.5. The molecule has 1 saturated heterocycles. The van der Waals surface area contributed by atoms with Gasteiger partial charge in [-0.1, -0.05) is 0 Å². The van der Waals surface area contributed by atoms with Crippen LogP contribution in [0.15, 0.2) is 0 Å². The number of carboxylic acid groups (broad SMARTS) is 1. The van der Waals surface area contributed by atoms with Crippen LogP contribution >= 0.6 is 0 Å². The molecule has 0 bridgehead atoms. The fourth-order valence-electron chi connectivity index (χ4n) is 1.38. The minimum Gasteiger partial charge on any atom is -0.480 e. The Morgan fingerprint density at radius 1 is 1.56 bits per heavy atom. The van der Waals surface area contributed by atoms with E-state index < -0.39 is 30.1 Å². The lowest BCUT2D eigenvalue weighted by molar-refractivity contribution is -0.145. The Morgan fingerprint density at radius 3 is 2.69 bits per heavy atom. The summed E-state index contributed by atoms with van der Waals surface area (Å²) in [5, 5.41) is 23.1. The zero-order valence-corrected chi connectivity index (χ0v) is 8.97. The van der Waals surface area contributed by atoms with Crippen LogP contribution in [0.5, 0.6) is 0 Å². The maximum Gasteiger partial charge on any atom is 0.328 e. The standard InChI is InChI=1S/C9H16N2O5/c1-5(12)7(9(14)15)11-8(13)6-4-16-3-2-10-6/h5-7,10,12H,2-4H2,1H3,(H,11,13)(H,14,15). The molecule has 0 saturated carbocycles. The fraction of sp³-hybridized carbons (Fsp3) is 0.778. The number of aliphatic carboxylic acids is 1. The van der Waals surface area contributed by atoms with Crippen molar-refractivity contribution in [1.29, 1.82) is 0 Å². The number of aliphatic hydroxyl groups is 1. The molecule has 0 aliphatic carbocycles. The molecular formula is C9H16N2O5. The third-order valence-electron chi connectivity index (χ3n) is 2.28. The summed E-state index contributed by atoms with van der Waals surface area (Å²) in [6, 6.07) is -1.86. The fourth-order valence-corrected chi connectivity index (χ4v) is 1.38. The molecule has 1 aliphatic rings. The molecule has 0 aromatic rings. The van der Waals surface area contributed by atoms with E-state index in [-0.39, 0.29) is 6.61 Å². The molecule has 0 aromatic heterocycles. The lowest BCUT2D eigenvalue weighted by atomic mass is 10.1. The highest BCUT2D eigenvalue weighted by atomic mass is 16.5. The van der Waals surface area contributed by atoms with Crippen molar-refractivity contribution in [3.05, 3.63) is 0 Å². The van der Waals surface area contributed by atoms with Gasteiger partial charge in [-0.15, -0.1) is 0 Å². The predicted molar refractivity (Wildman–Crippen MR) is 53.9 cm³/mol. The van der Waals surface area contributed by atoms with E-state index in [4.69, 9.17) is 9.84 Å². The highest BCUT2D eigenvalue weighted by Crippen LogP contribution is 1.97. The van der Waals surface area contributed by atoms with Gasteiger partial charge in [-0.05, 0) is 6.92 Å². The topological polar surface area (TPSA) is 108 Å². The van der Waals surface area contributed by atoms with Crippen molar-refractivity contribution in [3.8, 4) is 0 Å². The lowest BCUT2D eigenvalue weighted by Gasteiger charge is -2.25. The summed E-state index contributed by atoms with van der Waals surface area (Å²) in [6.45, 7) is 2.59. The average Bonchev–Trinajstić information content (AvgIpc) is 2.25. The van der Waals surface area contributed by atoms with Crippen LogP contribution in [0, 0.1) is 0 Å². The van der Waals surface area contributed by atoms with Crippen LogP contribution in [0.2, 0.25) is 0 Å². The van der Waals surface area contributed by atoms with Crippen molar-refractivity contribution < 1.29 is 24.5 Å². The molecule has 3 unspecified atom stereocenters. The number of nitrogens with one attached hydrogen (secondary N) is 2. The Balaban J connectivity index is 2.50. The monoisotopic (exact) mass is 232 g/mol. The quantitative estimate of drug-likeness (QED) is 0.443. The van der Waals surface area contributed by atoms with Gasteiger partial charge in [-0.2, -0.15) is 0 Å². The zero-order chi connectivity index (χ0) is 12.1. The summed E-state index contributed by atoms with van der Waals surface area (Å²) in [4.78, 5) is 22.3. The van der Waals surface area contributed by atoms with Crippen molar-refractivity contribution in [2.45, 2.75) is 25.1 Å². The van der Waals surface area contributed by atoms with Crippen LogP contribution in [0.4, 0.5) is 0 Å². The Bertz CT molecular complexity index is 263. The van der Waals surface area contributed by atoms with E-state index in [2.05, 4.69) is 10.6 Å². The van der Waals surface area contributed by atoms with Gasteiger partial charge in [0.25, 0.3) is 0 Å². The van der Waals surface area contributed by atoms with Crippen LogP contribution in [-0.2, 0) is 14.3 Å². The van der Waals surface area contributed by atoms with Gasteiger partial charge >= 0.3 is 5.97 Å². The van der Waals surface area contributed by atoms with E-state index in [1.54, 1.807) is 0 Å². The smallest absolute Gasteiger partial charge is 0.328 e. The molecule has 1 aliphatic heterocycles. The number of carboxylic acids is 1. The maximum atomic E-state index is 11.6. The van der Waals surface area contributed by atoms with Crippen molar-refractivity contribution in [1.82, 2.24) is 10.6 Å². The molecule has 0 radical (unpaired) electrons. The summed E-state index contributed by atoms with van der Waals surface area (Å²) in [5.74, 6) is -1.74. The number of amides is 1. The van der Waals surface area contributed by atoms with Crippen LogP contribution in [-0.4, -0.2) is 60.0 Å². The van der Waals surface area contributed by atoms with Crippen molar-refractivity contribution in [2.75, 3.05) is 19.8 Å². The number of rotatable bonds is 4. The van der Waals surface area contributed by atoms with Gasteiger partial charge in [0.2, 0.25) is 5.91 Å². The number of hydrogen-bond acceptors (Lipinski definition) is 5. The summed E-state index contributed by atoms with van der Waals surface area (Å²) in [6.07, 6.45) is -1.15. The molecule has 7 nitrogen and oxygen atoms in total. The third-order valence-corrected chi connectivity index (χ3v) is 2.28. The molecule has 92 valence electrons. The second-order valence-electron chi connectivity index (χ2n) is 3.65. The van der Waals surface area contributed by atoms with Crippen molar-refractivity contribution in [2.24, 2.45) is 0 Å². The predicted octanol–water partition coefficient (Wildman–Crippen LogP) is -2.07. The van der Waals surface area contributed by atoms with Crippen molar-refractivity contribution in [3.63, 3.8) is 0 Å². The summed E-state index contributed by atoms with van der Waals surface area (Å²) in [5.41, 5.74) is 0. The molecule has 1 rings (SSSR count). The van der Waals surface area contributed by atoms with Gasteiger partial charge in [-0.25, -0.2) is 4.79 Å². The van der Waals surface area contributed by atoms with E-state index >= 15 is 0 Å². The largest absolute Gasteiger partial charge is 0.480 e. The molecule has 1 fully saturated rings. The zero-order valence-electron chi connectivity index (χ0n) is 8.97. The summed E-state index contributed by atoms with van der Waals surface area (Å²) >= 11 is 0. The average molecular weight is 232 g/mol. The third kappa shape index (κ3) is 3.44. The Kier molecular flexibility index (Phi) is 4.66. The van der Waals surface area contributed by atoms with Crippen LogP contribution in [0.1, 0.15) is 6.92 Å². The van der Waals surface area contributed by atoms with E-state index in [0.717, 1.165) is 0 Å². The van der Waals surface area contributed by atoms with Gasteiger partial charge < -0.3 is 25.6 Å². The molecule has 3 atom stereocenters. The van der Waals surface area contributed by atoms with Gasteiger partial charge in [-0.3, -0.25) is 4.79 Å². The van der Waals surface area contributed by atoms with Crippen LogP contribution in [0.3, 0.4) is 0 Å². The highest BCUT2D eigenvalue weighted by molar-refractivity contribution is 5.87. The number of ether oxygens (including phenoxy) is 1. The minimum atomic E-state index is -1.30. The first kappa shape index (κ1) is 12.9. The van der Waals surface area contributed by atoms with Crippen LogP contribution < -0.4 is 10.6 Å². The van der Waals surface area contributed by atoms with Gasteiger partial charge in [0, 0.05) is 6.54 Å². The first-order valence-electron chi connectivity index (χ1n) is 5.04. The van der Waals surface area contributed by atoms with Gasteiger partial charge in [0.15, 0.2) is 6.04 Å². The second-order valence-corrected chi connectivity index (χ2v) is 3.65. The lowest BCUT2D eigenvalue weighted by Crippen LogP contribution is -2.57. The van der Waals surface area contributed by atoms with Gasteiger partial charge in [0.1, 0.15) is 6.04 Å². The Hall–Kier alpha value is -1.18. The first-order valence-corrected chi connectivity index (χ1v) is 5.04. The van der Waals surface area contributed by atoms with Gasteiger partial charge in [0.05, 0.1) is 19.3 Å². The minimum absolute atomic E-state index is 0.206. The molecule has 0 spiro atoms. The van der Waals surface area contributed by atoms with E-state index in [0.29, 0.717) is 13.2 Å². The molecule has 16 heavy (non-hydrogen) atoms. The number of carbonyl (C=O) groups excluding carboxylic acids is 1. The number of hydrogen-bond donors (Lipinski definition) is 4. The maximum absolute atomic E-state index is 11.6. The Morgan fingerprint density at radius 2 is 2.25 bits per heavy atom. The second kappa shape index (κ2) is 5.78. The van der Waals surface area contributed by atoms with E-state index in [1.165, 1.54) is 6.92 Å². The van der Waals surface area contributed by atoms with Crippen molar-refractivity contribution >= 4 is 11.9 Å². The first-order chi connectivity index (χ1) is 7.52. The number of carbonyl (C=O) groups is 2. The van der Waals surface area contributed by atoms with E-state index in [1.807, 2.05) is 0 Å². The molecular weight excluding hydrogens is 216 g/mol. The Labute approximate surface area is 92.8 Å². The number of morpholine rings is 1. The summed E-state index contributed by atoms with van der Waals surface area (Å²) in [7, 11) is 0. The SMILES string of the molecule is CC(O)C(NC(=O)C1COCCN1)C(=O)O. The molecule has 0 aromatic carbocycles. The van der Waals surface area contributed by atoms with E-state index in [9.17, 15) is 14.7 Å².